The monoisotopic (exact) mass is 147 g/mol. The molecular formula is C6H10N2O2. The van der Waals surface area contributed by atoms with E-state index < -0.39 is 24.8 Å². The second-order valence-electron chi connectivity index (χ2n) is 1.69. The molecule has 1 aliphatic heterocycles. The Labute approximate surface area is 66.3 Å². The molecule has 0 aromatic carbocycles. The summed E-state index contributed by atoms with van der Waals surface area (Å²) in [6.45, 7) is -4.26. The van der Waals surface area contributed by atoms with E-state index in [0.717, 1.165) is 0 Å². The predicted molar refractivity (Wildman–Crippen MR) is 35.3 cm³/mol. The molecule has 4 heteroatoms. The van der Waals surface area contributed by atoms with Crippen molar-refractivity contribution in [3.05, 3.63) is 0 Å². The molecule has 4 nitrogen and oxygen atoms in total. The van der Waals surface area contributed by atoms with E-state index in [1.54, 1.807) is 0 Å². The van der Waals surface area contributed by atoms with Crippen LogP contribution in [0.4, 0.5) is 0 Å². The Hall–Kier alpha value is -1.06. The molecule has 0 atom stereocenters. The van der Waals surface area contributed by atoms with Crippen LogP contribution in [0.1, 0.15) is 12.4 Å². The first-order valence-electron chi connectivity index (χ1n) is 5.27. The van der Waals surface area contributed by atoms with Crippen LogP contribution in [0.15, 0.2) is 0 Å². The number of hydrogen-bond acceptors (Lipinski definition) is 2. The molecule has 0 unspecified atom stereocenters. The summed E-state index contributed by atoms with van der Waals surface area (Å²) in [4.78, 5) is 22.9. The van der Waals surface area contributed by atoms with Crippen molar-refractivity contribution in [2.75, 3.05) is 19.5 Å². The van der Waals surface area contributed by atoms with Crippen molar-refractivity contribution < 1.29 is 16.5 Å². The summed E-state index contributed by atoms with van der Waals surface area (Å²) in [5, 5.41) is -0.249. The second kappa shape index (κ2) is 2.68. The van der Waals surface area contributed by atoms with Gasteiger partial charge in [-0.25, -0.2) is 0 Å². The summed E-state index contributed by atoms with van der Waals surface area (Å²) in [6, 6.07) is 0. The summed E-state index contributed by atoms with van der Waals surface area (Å²) in [6.07, 6.45) is 0. The van der Waals surface area contributed by atoms with Crippen molar-refractivity contribution in [2.24, 2.45) is 0 Å². The number of carbonyl (C=O) groups is 2. The molecular weight excluding hydrogens is 132 g/mol. The molecule has 1 saturated heterocycles. The molecule has 0 aliphatic carbocycles. The highest BCUT2D eigenvalue weighted by Crippen LogP contribution is 1.93. The number of carbonyl (C=O) groups excluding carboxylic acids is 2. The van der Waals surface area contributed by atoms with Crippen LogP contribution in [0.25, 0.3) is 0 Å². The molecule has 0 spiro atoms. The molecule has 0 aromatic heterocycles. The average molecular weight is 147 g/mol. The fourth-order valence-electron chi connectivity index (χ4n) is 0.573. The number of nitrogens with one attached hydrogen (secondary N) is 1. The standard InChI is InChI=1S/C6H10N2O2/c1-2-8-4-3-7-5(9)6(8)10/h2-4H2,1H3,(H,7,9)/i3D2,4D2/hD. The fraction of sp³-hybridized carbons (Fsp3) is 0.667. The average Bonchev–Trinajstić information content (AvgIpc) is 2.14. The highest BCUT2D eigenvalue weighted by atomic mass is 16.2. The van der Waals surface area contributed by atoms with Gasteiger partial charge in [-0.15, -0.1) is 0 Å². The lowest BCUT2D eigenvalue weighted by atomic mass is 10.3. The maximum absolute atomic E-state index is 11.3. The van der Waals surface area contributed by atoms with E-state index in [9.17, 15) is 9.59 Å². The van der Waals surface area contributed by atoms with Gasteiger partial charge in [0, 0.05) is 19.5 Å². The lowest BCUT2D eigenvalue weighted by Gasteiger charge is -2.24. The molecule has 1 N–H and O–H groups in total. The second-order valence-corrected chi connectivity index (χ2v) is 1.69. The minimum atomic E-state index is -2.85. The third-order valence-corrected chi connectivity index (χ3v) is 1.09. The van der Waals surface area contributed by atoms with E-state index in [1.165, 1.54) is 6.92 Å². The van der Waals surface area contributed by atoms with Crippen molar-refractivity contribution in [2.45, 2.75) is 6.92 Å². The molecule has 0 saturated carbocycles. The number of nitrogens with zero attached hydrogens (tertiary/aromatic N) is 1. The Bertz CT molecular complexity index is 319. The first-order chi connectivity index (χ1) is 6.67. The van der Waals surface area contributed by atoms with E-state index in [2.05, 4.69) is 0 Å². The third kappa shape index (κ3) is 1.10. The minimum absolute atomic E-state index is 0.134. The number of piperazine rings is 1. The van der Waals surface area contributed by atoms with Crippen LogP contribution >= 0.6 is 0 Å². The summed E-state index contributed by atoms with van der Waals surface area (Å²) in [5.74, 6) is -2.57. The Balaban J connectivity index is 3.26. The summed E-state index contributed by atoms with van der Waals surface area (Å²) < 4.78 is 36.5. The van der Waals surface area contributed by atoms with Gasteiger partial charge in [-0.3, -0.25) is 9.59 Å². The topological polar surface area (TPSA) is 49.4 Å². The molecule has 2 amide bonds. The molecule has 56 valence electrons. The van der Waals surface area contributed by atoms with Crippen LogP contribution < -0.4 is 5.31 Å². The molecule has 0 radical (unpaired) electrons. The molecule has 10 heavy (non-hydrogen) atoms. The van der Waals surface area contributed by atoms with Gasteiger partial charge in [-0.05, 0) is 6.92 Å². The van der Waals surface area contributed by atoms with Gasteiger partial charge >= 0.3 is 11.8 Å². The lowest BCUT2D eigenvalue weighted by Crippen LogP contribution is -2.51. The van der Waals surface area contributed by atoms with Gasteiger partial charge < -0.3 is 10.2 Å². The molecule has 1 fully saturated rings. The molecule has 0 bridgehead atoms. The SMILES string of the molecule is [2H]N1C(=O)C(=O)N(CC)C([2H])([2H])C1([2H])[2H]. The summed E-state index contributed by atoms with van der Waals surface area (Å²) in [5.41, 5.74) is 0. The largest absolute Gasteiger partial charge is 0.346 e. The van der Waals surface area contributed by atoms with Crippen molar-refractivity contribution in [1.82, 2.24) is 10.2 Å². The minimum Gasteiger partial charge on any atom is -0.346 e. The zero-order valence-electron chi connectivity index (χ0n) is 10.4. The first-order valence-corrected chi connectivity index (χ1v) is 2.83. The van der Waals surface area contributed by atoms with Crippen LogP contribution in [0.3, 0.4) is 0 Å². The fourth-order valence-corrected chi connectivity index (χ4v) is 0.573. The number of hydrogen-bond donors (Lipinski definition) is 1. The smallest absolute Gasteiger partial charge is 0.311 e. The maximum atomic E-state index is 11.3. The zero-order valence-corrected chi connectivity index (χ0v) is 5.42. The van der Waals surface area contributed by atoms with Crippen LogP contribution in [0.2, 0.25) is 1.41 Å². The van der Waals surface area contributed by atoms with Crippen LogP contribution in [0.5, 0.6) is 0 Å². The highest BCUT2D eigenvalue weighted by molar-refractivity contribution is 6.35. The third-order valence-electron chi connectivity index (χ3n) is 1.09. The van der Waals surface area contributed by atoms with E-state index in [0.29, 0.717) is 4.90 Å². The van der Waals surface area contributed by atoms with Crippen LogP contribution in [-0.2, 0) is 9.59 Å². The quantitative estimate of drug-likeness (QED) is 0.482. The van der Waals surface area contributed by atoms with E-state index >= 15 is 0 Å². The lowest BCUT2D eigenvalue weighted by molar-refractivity contribution is -0.147. The van der Waals surface area contributed by atoms with Crippen molar-refractivity contribution in [3.8, 4) is 0 Å². The van der Waals surface area contributed by atoms with Gasteiger partial charge in [0.2, 0.25) is 0 Å². The van der Waals surface area contributed by atoms with Gasteiger partial charge in [0.05, 0.1) is 5.48 Å². The Morgan fingerprint density at radius 3 is 3.20 bits per heavy atom. The van der Waals surface area contributed by atoms with Crippen LogP contribution in [-0.4, -0.2) is 36.3 Å². The number of rotatable bonds is 1. The van der Waals surface area contributed by atoms with E-state index in [4.69, 9.17) is 6.89 Å². The summed E-state index contributed by atoms with van der Waals surface area (Å²) >= 11 is 0. The van der Waals surface area contributed by atoms with Crippen molar-refractivity contribution >= 4 is 11.8 Å². The van der Waals surface area contributed by atoms with Gasteiger partial charge in [0.15, 0.2) is 1.41 Å². The maximum Gasteiger partial charge on any atom is 0.311 e. The van der Waals surface area contributed by atoms with Gasteiger partial charge in [-0.2, -0.15) is 0 Å². The Morgan fingerprint density at radius 2 is 2.60 bits per heavy atom. The molecule has 1 aliphatic rings. The van der Waals surface area contributed by atoms with E-state index in [1.807, 2.05) is 0 Å². The first kappa shape index (κ1) is 2.90. The number of amides is 2. The molecule has 1 heterocycles. The highest BCUT2D eigenvalue weighted by Gasteiger charge is 2.23. The van der Waals surface area contributed by atoms with Crippen molar-refractivity contribution in [3.63, 3.8) is 0 Å². The number of likely N-dealkylation sites (N-methyl/N-ethyl adjacent to an activating group) is 1. The Kier molecular flexibility index (Phi) is 0.778. The van der Waals surface area contributed by atoms with Gasteiger partial charge in [-0.1, -0.05) is 0 Å². The zero-order chi connectivity index (χ0) is 12.0. The molecule has 1 rings (SSSR count). The Morgan fingerprint density at radius 1 is 1.90 bits per heavy atom. The van der Waals surface area contributed by atoms with E-state index in [-0.39, 0.29) is 11.9 Å². The van der Waals surface area contributed by atoms with Crippen LogP contribution in [0, 0.1) is 0 Å². The van der Waals surface area contributed by atoms with Gasteiger partial charge in [0.25, 0.3) is 0 Å². The predicted octanol–water partition coefficient (Wildman–Crippen LogP) is -1.04. The van der Waals surface area contributed by atoms with Gasteiger partial charge in [0.1, 0.15) is 0 Å². The normalized spacial score (nSPS) is 37.5. The van der Waals surface area contributed by atoms with Crippen molar-refractivity contribution in [1.29, 1.82) is 0 Å². The molecule has 0 aromatic rings. The summed E-state index contributed by atoms with van der Waals surface area (Å²) in [7, 11) is 0.